The lowest BCUT2D eigenvalue weighted by molar-refractivity contribution is 0.186. The number of amides is 2. The largest absolute Gasteiger partial charge is 0.453 e. The number of nitrogens with one attached hydrogen (secondary N) is 4. The number of rotatable bonds is 4. The number of hydrogen-bond acceptors (Lipinski definition) is 6. The van der Waals surface area contributed by atoms with Crippen molar-refractivity contribution in [2.24, 2.45) is 0 Å². The number of anilines is 4. The van der Waals surface area contributed by atoms with Crippen molar-refractivity contribution in [3.8, 4) is 0 Å². The van der Waals surface area contributed by atoms with E-state index in [1.807, 2.05) is 0 Å². The van der Waals surface area contributed by atoms with E-state index in [4.69, 9.17) is 0 Å². The summed E-state index contributed by atoms with van der Waals surface area (Å²) in [4.78, 5) is 22.6. The Bertz CT molecular complexity index is 459. The molecule has 110 valence electrons. The first-order valence-corrected chi connectivity index (χ1v) is 5.79. The van der Waals surface area contributed by atoms with Crippen molar-refractivity contribution in [3.05, 3.63) is 12.1 Å². The van der Waals surface area contributed by atoms with Gasteiger partial charge < -0.3 is 20.1 Å². The Hall–Kier alpha value is -2.64. The number of benzene rings is 1. The molecule has 8 heteroatoms. The van der Waals surface area contributed by atoms with Crippen LogP contribution in [0.1, 0.15) is 0 Å². The third kappa shape index (κ3) is 3.67. The summed E-state index contributed by atoms with van der Waals surface area (Å²) in [5.74, 6) is 0. The van der Waals surface area contributed by atoms with Gasteiger partial charge in [-0.2, -0.15) is 0 Å². The van der Waals surface area contributed by atoms with Gasteiger partial charge in [-0.3, -0.25) is 10.6 Å². The fraction of sp³-hybridized carbons (Fsp3) is 0.333. The number of carbonyl (C=O) groups excluding carboxylic acids is 2. The molecule has 2 amide bonds. The average Bonchev–Trinajstić information content (AvgIpc) is 2.47. The van der Waals surface area contributed by atoms with Crippen LogP contribution in [0.25, 0.3) is 0 Å². The van der Waals surface area contributed by atoms with E-state index < -0.39 is 12.2 Å². The van der Waals surface area contributed by atoms with Gasteiger partial charge in [-0.15, -0.1) is 0 Å². The topological polar surface area (TPSA) is 101 Å². The molecule has 1 rings (SSSR count). The minimum atomic E-state index is -0.586. The van der Waals surface area contributed by atoms with Crippen molar-refractivity contribution in [1.82, 2.24) is 0 Å². The van der Waals surface area contributed by atoms with E-state index in [0.29, 0.717) is 22.7 Å². The first-order valence-electron chi connectivity index (χ1n) is 5.79. The molecule has 0 aliphatic heterocycles. The van der Waals surface area contributed by atoms with Crippen molar-refractivity contribution in [1.29, 1.82) is 0 Å². The van der Waals surface area contributed by atoms with Gasteiger partial charge in [-0.25, -0.2) is 9.59 Å². The zero-order valence-corrected chi connectivity index (χ0v) is 11.8. The normalized spacial score (nSPS) is 9.40. The van der Waals surface area contributed by atoms with E-state index in [-0.39, 0.29) is 0 Å². The average molecular weight is 282 g/mol. The van der Waals surface area contributed by atoms with E-state index in [0.717, 1.165) is 0 Å². The maximum absolute atomic E-state index is 11.3. The van der Waals surface area contributed by atoms with Gasteiger partial charge in [0.25, 0.3) is 0 Å². The molecular formula is C12H18N4O4. The summed E-state index contributed by atoms with van der Waals surface area (Å²) < 4.78 is 9.10. The third-order valence-electron chi connectivity index (χ3n) is 2.54. The summed E-state index contributed by atoms with van der Waals surface area (Å²) in [6.07, 6.45) is -1.17. The Kier molecular flexibility index (Phi) is 5.45. The molecule has 0 bridgehead atoms. The molecule has 0 atom stereocenters. The Labute approximate surface area is 116 Å². The molecule has 1 aromatic rings. The number of carbonyl (C=O) groups is 2. The maximum Gasteiger partial charge on any atom is 0.411 e. The van der Waals surface area contributed by atoms with Crippen molar-refractivity contribution < 1.29 is 19.1 Å². The van der Waals surface area contributed by atoms with Gasteiger partial charge in [0.05, 0.1) is 37.0 Å². The summed E-state index contributed by atoms with van der Waals surface area (Å²) in [6, 6.07) is 3.32. The molecule has 4 N–H and O–H groups in total. The van der Waals surface area contributed by atoms with Gasteiger partial charge in [0.1, 0.15) is 0 Å². The smallest absolute Gasteiger partial charge is 0.411 e. The van der Waals surface area contributed by atoms with Gasteiger partial charge in [0.15, 0.2) is 0 Å². The minimum Gasteiger partial charge on any atom is -0.453 e. The lowest BCUT2D eigenvalue weighted by atomic mass is 10.2. The van der Waals surface area contributed by atoms with Crippen molar-refractivity contribution in [2.75, 3.05) is 49.6 Å². The van der Waals surface area contributed by atoms with Gasteiger partial charge >= 0.3 is 12.2 Å². The van der Waals surface area contributed by atoms with Crippen LogP contribution in [0.15, 0.2) is 12.1 Å². The molecule has 0 fully saturated rings. The summed E-state index contributed by atoms with van der Waals surface area (Å²) in [5.41, 5.74) is 2.25. The number of methoxy groups -OCH3 is 2. The number of ether oxygens (including phenoxy) is 2. The molecule has 0 aromatic heterocycles. The highest BCUT2D eigenvalue weighted by Gasteiger charge is 2.13. The van der Waals surface area contributed by atoms with Crippen LogP contribution in [0.5, 0.6) is 0 Å². The molecular weight excluding hydrogens is 264 g/mol. The molecule has 0 heterocycles. The van der Waals surface area contributed by atoms with E-state index in [1.54, 1.807) is 26.2 Å². The first kappa shape index (κ1) is 15.4. The number of hydrogen-bond donors (Lipinski definition) is 4. The second-order valence-electron chi connectivity index (χ2n) is 3.68. The molecule has 8 nitrogen and oxygen atoms in total. The highest BCUT2D eigenvalue weighted by atomic mass is 16.5. The first-order chi connectivity index (χ1) is 9.55. The van der Waals surface area contributed by atoms with Crippen molar-refractivity contribution >= 4 is 34.9 Å². The highest BCUT2D eigenvalue weighted by molar-refractivity contribution is 5.97. The molecule has 0 saturated carbocycles. The molecule has 20 heavy (non-hydrogen) atoms. The maximum atomic E-state index is 11.3. The Morgan fingerprint density at radius 2 is 1.15 bits per heavy atom. The fourth-order valence-electron chi connectivity index (χ4n) is 1.54. The predicted octanol–water partition coefficient (Wildman–Crippen LogP) is 2.13. The zero-order chi connectivity index (χ0) is 15.1. The molecule has 0 unspecified atom stereocenters. The highest BCUT2D eigenvalue weighted by Crippen LogP contribution is 2.33. The van der Waals surface area contributed by atoms with Gasteiger partial charge in [-0.05, 0) is 12.1 Å². The zero-order valence-electron chi connectivity index (χ0n) is 11.8. The Morgan fingerprint density at radius 3 is 1.40 bits per heavy atom. The molecule has 0 saturated heterocycles. The minimum absolute atomic E-state index is 0.513. The van der Waals surface area contributed by atoms with Crippen LogP contribution in [0.4, 0.5) is 32.3 Å². The van der Waals surface area contributed by atoms with Crippen molar-refractivity contribution in [3.63, 3.8) is 0 Å². The van der Waals surface area contributed by atoms with Crippen molar-refractivity contribution in [2.45, 2.75) is 0 Å². The van der Waals surface area contributed by atoms with Gasteiger partial charge in [-0.1, -0.05) is 0 Å². The molecule has 0 aliphatic rings. The van der Waals surface area contributed by atoms with Gasteiger partial charge in [0, 0.05) is 14.1 Å². The monoisotopic (exact) mass is 282 g/mol. The summed E-state index contributed by atoms with van der Waals surface area (Å²) >= 11 is 0. The van der Waals surface area contributed by atoms with E-state index in [2.05, 4.69) is 30.7 Å². The van der Waals surface area contributed by atoms with Gasteiger partial charge in [0.2, 0.25) is 0 Å². The van der Waals surface area contributed by atoms with Crippen LogP contribution in [-0.2, 0) is 9.47 Å². The summed E-state index contributed by atoms with van der Waals surface area (Å²) in [7, 11) is 5.94. The quantitative estimate of drug-likeness (QED) is 0.675. The molecule has 1 aromatic carbocycles. The summed E-state index contributed by atoms with van der Waals surface area (Å²) in [6.45, 7) is 0. The Morgan fingerprint density at radius 1 is 0.800 bits per heavy atom. The lowest BCUT2D eigenvalue weighted by Gasteiger charge is -2.16. The lowest BCUT2D eigenvalue weighted by Crippen LogP contribution is -2.15. The van der Waals surface area contributed by atoms with Crippen LogP contribution in [0.3, 0.4) is 0 Å². The molecule has 0 aliphatic carbocycles. The van der Waals surface area contributed by atoms with E-state index in [9.17, 15) is 9.59 Å². The molecule has 0 spiro atoms. The third-order valence-corrected chi connectivity index (χ3v) is 2.54. The SMILES string of the molecule is CNc1cc(NC(=O)OC)c(NC)cc1NC(=O)OC. The van der Waals surface area contributed by atoms with Crippen LogP contribution >= 0.6 is 0 Å². The fourth-order valence-corrected chi connectivity index (χ4v) is 1.54. The van der Waals surface area contributed by atoms with Crippen LogP contribution in [-0.4, -0.2) is 40.5 Å². The predicted molar refractivity (Wildman–Crippen MR) is 77.6 cm³/mol. The Balaban J connectivity index is 3.15. The van der Waals surface area contributed by atoms with Crippen LogP contribution in [0.2, 0.25) is 0 Å². The standard InChI is InChI=1S/C12H18N4O4/c1-13-7-5-10(16-12(18)20-4)8(14-2)6-9(7)15-11(17)19-3/h5-6,13-14H,1-4H3,(H,15,17)(H,16,18). The van der Waals surface area contributed by atoms with Crippen LogP contribution in [0, 0.1) is 0 Å². The van der Waals surface area contributed by atoms with E-state index >= 15 is 0 Å². The summed E-state index contributed by atoms with van der Waals surface area (Å²) in [5, 5.41) is 11.0. The second kappa shape index (κ2) is 7.07. The molecule has 0 radical (unpaired) electrons. The van der Waals surface area contributed by atoms with Crippen LogP contribution < -0.4 is 21.3 Å². The van der Waals surface area contributed by atoms with E-state index in [1.165, 1.54) is 14.2 Å². The second-order valence-corrected chi connectivity index (χ2v) is 3.68.